The number of hydrogen-bond donors (Lipinski definition) is 0. The van der Waals surface area contributed by atoms with Crippen LogP contribution in [0.25, 0.3) is 0 Å². The van der Waals surface area contributed by atoms with Crippen LogP contribution in [0.1, 0.15) is 40.2 Å². The maximum absolute atomic E-state index is 5.47. The predicted molar refractivity (Wildman–Crippen MR) is 65.3 cm³/mol. The van der Waals surface area contributed by atoms with Crippen LogP contribution in [0, 0.1) is 0 Å². The molecule has 0 saturated heterocycles. The van der Waals surface area contributed by atoms with Crippen LogP contribution in [0.3, 0.4) is 0 Å². The molecule has 3 heteroatoms. The second-order valence-electron chi connectivity index (χ2n) is 4.47. The zero-order valence-corrected chi connectivity index (χ0v) is 10.8. The fourth-order valence-electron chi connectivity index (χ4n) is 1.34. The molecule has 0 saturated carbocycles. The van der Waals surface area contributed by atoms with Gasteiger partial charge in [-0.15, -0.1) is 0 Å². The van der Waals surface area contributed by atoms with E-state index in [0.717, 1.165) is 5.75 Å². The third-order valence-corrected chi connectivity index (χ3v) is 2.26. The van der Waals surface area contributed by atoms with E-state index in [2.05, 4.69) is 25.8 Å². The third kappa shape index (κ3) is 2.87. The summed E-state index contributed by atoms with van der Waals surface area (Å²) in [5, 5.41) is 0. The van der Waals surface area contributed by atoms with Crippen molar-refractivity contribution in [3.63, 3.8) is 0 Å². The maximum Gasteiger partial charge on any atom is 0.257 e. The first kappa shape index (κ1) is 12.8. The summed E-state index contributed by atoms with van der Waals surface area (Å²) in [6.07, 6.45) is 1.85. The molecule has 2 heterocycles. The molecule has 1 aromatic rings. The van der Waals surface area contributed by atoms with Crippen molar-refractivity contribution in [1.29, 1.82) is 0 Å². The molecule has 2 rings (SSSR count). The SMILES string of the molecule is CC.CC(C)(C)c1cnc2c(c1)OCCO2. The summed E-state index contributed by atoms with van der Waals surface area (Å²) in [5.41, 5.74) is 1.27. The molecule has 90 valence electrons. The zero-order valence-electron chi connectivity index (χ0n) is 10.8. The lowest BCUT2D eigenvalue weighted by Gasteiger charge is -2.22. The van der Waals surface area contributed by atoms with Crippen LogP contribution in [0.2, 0.25) is 0 Å². The van der Waals surface area contributed by atoms with Crippen molar-refractivity contribution >= 4 is 0 Å². The fraction of sp³-hybridized carbons (Fsp3) is 0.615. The summed E-state index contributed by atoms with van der Waals surface area (Å²) in [4.78, 5) is 4.24. The number of rotatable bonds is 0. The van der Waals surface area contributed by atoms with Crippen LogP contribution in [0.5, 0.6) is 11.6 Å². The van der Waals surface area contributed by atoms with Gasteiger partial charge in [-0.05, 0) is 17.0 Å². The highest BCUT2D eigenvalue weighted by Crippen LogP contribution is 2.32. The summed E-state index contributed by atoms with van der Waals surface area (Å²) in [7, 11) is 0. The van der Waals surface area contributed by atoms with E-state index < -0.39 is 0 Å². The van der Waals surface area contributed by atoms with Gasteiger partial charge in [-0.1, -0.05) is 34.6 Å². The molecule has 0 atom stereocenters. The Morgan fingerprint density at radius 3 is 2.38 bits per heavy atom. The molecule has 0 aromatic carbocycles. The smallest absolute Gasteiger partial charge is 0.257 e. The Balaban J connectivity index is 0.000000606. The first-order valence-corrected chi connectivity index (χ1v) is 5.83. The van der Waals surface area contributed by atoms with Gasteiger partial charge in [0.15, 0.2) is 5.75 Å². The van der Waals surface area contributed by atoms with Gasteiger partial charge in [0.2, 0.25) is 0 Å². The van der Waals surface area contributed by atoms with E-state index in [1.807, 2.05) is 26.1 Å². The van der Waals surface area contributed by atoms with Gasteiger partial charge in [0.1, 0.15) is 13.2 Å². The van der Waals surface area contributed by atoms with Crippen LogP contribution in [-0.4, -0.2) is 18.2 Å². The monoisotopic (exact) mass is 223 g/mol. The van der Waals surface area contributed by atoms with Gasteiger partial charge in [-0.3, -0.25) is 0 Å². The molecule has 0 amide bonds. The Morgan fingerprint density at radius 1 is 1.12 bits per heavy atom. The van der Waals surface area contributed by atoms with Crippen molar-refractivity contribution in [3.05, 3.63) is 17.8 Å². The Hall–Kier alpha value is -1.25. The summed E-state index contributed by atoms with van der Waals surface area (Å²) in [6.45, 7) is 11.7. The van der Waals surface area contributed by atoms with Gasteiger partial charge in [0, 0.05) is 6.20 Å². The molecular formula is C13H21NO2. The Kier molecular flexibility index (Phi) is 4.16. The van der Waals surface area contributed by atoms with Crippen LogP contribution in [-0.2, 0) is 5.41 Å². The molecule has 1 aliphatic heterocycles. The second-order valence-corrected chi connectivity index (χ2v) is 4.47. The normalized spacial score (nSPS) is 13.8. The standard InChI is InChI=1S/C11H15NO2.C2H6/c1-11(2,3)8-6-9-10(12-7-8)14-5-4-13-9;1-2/h6-7H,4-5H2,1-3H3;1-2H3. The Bertz CT molecular complexity index is 342. The summed E-state index contributed by atoms with van der Waals surface area (Å²) >= 11 is 0. The quantitative estimate of drug-likeness (QED) is 0.677. The van der Waals surface area contributed by atoms with Crippen molar-refractivity contribution < 1.29 is 9.47 Å². The lowest BCUT2D eigenvalue weighted by molar-refractivity contribution is 0.164. The topological polar surface area (TPSA) is 31.4 Å². The van der Waals surface area contributed by atoms with Crippen LogP contribution < -0.4 is 9.47 Å². The Labute approximate surface area is 97.8 Å². The van der Waals surface area contributed by atoms with Gasteiger partial charge in [0.25, 0.3) is 5.88 Å². The number of hydrogen-bond acceptors (Lipinski definition) is 3. The average Bonchev–Trinajstić information content (AvgIpc) is 2.30. The minimum atomic E-state index is 0.100. The van der Waals surface area contributed by atoms with Gasteiger partial charge < -0.3 is 9.47 Å². The molecule has 0 unspecified atom stereocenters. The molecule has 0 bridgehead atoms. The van der Waals surface area contributed by atoms with Crippen molar-refractivity contribution in [1.82, 2.24) is 4.98 Å². The molecule has 1 aliphatic rings. The lowest BCUT2D eigenvalue weighted by Crippen LogP contribution is -2.18. The molecule has 3 nitrogen and oxygen atoms in total. The molecule has 1 aromatic heterocycles. The number of pyridine rings is 1. The third-order valence-electron chi connectivity index (χ3n) is 2.26. The summed E-state index contributed by atoms with van der Waals surface area (Å²) in [5.74, 6) is 1.38. The van der Waals surface area contributed by atoms with Crippen LogP contribution >= 0.6 is 0 Å². The van der Waals surface area contributed by atoms with Gasteiger partial charge in [0.05, 0.1) is 0 Å². The van der Waals surface area contributed by atoms with E-state index in [1.54, 1.807) is 0 Å². The number of nitrogens with zero attached hydrogens (tertiary/aromatic N) is 1. The minimum Gasteiger partial charge on any atom is -0.484 e. The van der Waals surface area contributed by atoms with Gasteiger partial charge in [-0.25, -0.2) is 4.98 Å². The zero-order chi connectivity index (χ0) is 12.2. The summed E-state index contributed by atoms with van der Waals surface area (Å²) < 4.78 is 10.8. The maximum atomic E-state index is 5.47. The fourth-order valence-corrected chi connectivity index (χ4v) is 1.34. The highest BCUT2D eigenvalue weighted by molar-refractivity contribution is 5.39. The predicted octanol–water partition coefficient (Wildman–Crippen LogP) is 3.18. The van der Waals surface area contributed by atoms with Crippen molar-refractivity contribution in [2.75, 3.05) is 13.2 Å². The average molecular weight is 223 g/mol. The molecule has 0 N–H and O–H groups in total. The summed E-state index contributed by atoms with van der Waals surface area (Å²) in [6, 6.07) is 2.02. The molecule has 16 heavy (non-hydrogen) atoms. The molecule has 0 aliphatic carbocycles. The van der Waals surface area contributed by atoms with E-state index >= 15 is 0 Å². The van der Waals surface area contributed by atoms with Crippen molar-refractivity contribution in [3.8, 4) is 11.6 Å². The van der Waals surface area contributed by atoms with E-state index in [4.69, 9.17) is 9.47 Å². The van der Waals surface area contributed by atoms with Crippen molar-refractivity contribution in [2.45, 2.75) is 40.0 Å². The first-order chi connectivity index (χ1) is 7.57. The first-order valence-electron chi connectivity index (χ1n) is 5.83. The van der Waals surface area contributed by atoms with Crippen LogP contribution in [0.4, 0.5) is 0 Å². The Morgan fingerprint density at radius 2 is 1.75 bits per heavy atom. The number of fused-ring (bicyclic) bond motifs is 1. The minimum absolute atomic E-state index is 0.100. The number of ether oxygens (including phenoxy) is 2. The number of aromatic nitrogens is 1. The lowest BCUT2D eigenvalue weighted by atomic mass is 9.88. The highest BCUT2D eigenvalue weighted by Gasteiger charge is 2.19. The van der Waals surface area contributed by atoms with Gasteiger partial charge in [-0.2, -0.15) is 0 Å². The molecule has 0 fully saturated rings. The molecular weight excluding hydrogens is 202 g/mol. The largest absolute Gasteiger partial charge is 0.484 e. The van der Waals surface area contributed by atoms with E-state index in [9.17, 15) is 0 Å². The van der Waals surface area contributed by atoms with E-state index in [-0.39, 0.29) is 5.41 Å². The second kappa shape index (κ2) is 5.19. The van der Waals surface area contributed by atoms with E-state index in [0.29, 0.717) is 19.1 Å². The van der Waals surface area contributed by atoms with Gasteiger partial charge >= 0.3 is 0 Å². The van der Waals surface area contributed by atoms with E-state index in [1.165, 1.54) is 5.56 Å². The molecule has 0 spiro atoms. The molecule has 0 radical (unpaired) electrons. The highest BCUT2D eigenvalue weighted by atomic mass is 16.6. The van der Waals surface area contributed by atoms with Crippen molar-refractivity contribution in [2.24, 2.45) is 0 Å². The van der Waals surface area contributed by atoms with Crippen LogP contribution in [0.15, 0.2) is 12.3 Å².